The molecule has 0 atom stereocenters. The van der Waals surface area contributed by atoms with E-state index in [1.807, 2.05) is 6.08 Å². The Bertz CT molecular complexity index is 932. The van der Waals surface area contributed by atoms with Crippen LogP contribution in [0.1, 0.15) is 60.4 Å². The fourth-order valence-electron chi connectivity index (χ4n) is 4.56. The first-order chi connectivity index (χ1) is 13.8. The number of carbonyl (C=O) groups is 1. The number of hydrazone groups is 1. The largest absolute Gasteiger partial charge is 0.358 e. The molecule has 2 aromatic rings. The molecule has 5 rings (SSSR count). The molecule has 1 fully saturated rings. The smallest absolute Gasteiger partial charge is 0.273 e. The SMILES string of the molecule is O=C1NN=C(c2ccno2)/C1=C\c1[nH]c2c(c1CN1CCCCC1)CCCC2. The minimum Gasteiger partial charge on any atom is -0.358 e. The number of hydrogen-bond acceptors (Lipinski definition) is 5. The highest BCUT2D eigenvalue weighted by atomic mass is 16.5. The Balaban J connectivity index is 1.53. The molecule has 0 radical (unpaired) electrons. The first-order valence-electron chi connectivity index (χ1n) is 10.3. The summed E-state index contributed by atoms with van der Waals surface area (Å²) < 4.78 is 5.23. The minimum atomic E-state index is -0.206. The van der Waals surface area contributed by atoms with Crippen LogP contribution in [0.15, 0.2) is 27.5 Å². The summed E-state index contributed by atoms with van der Waals surface area (Å²) in [5.74, 6) is 0.293. The number of likely N-dealkylation sites (tertiary alicyclic amines) is 1. The Kier molecular flexibility index (Phi) is 4.60. The first kappa shape index (κ1) is 17.4. The van der Waals surface area contributed by atoms with E-state index in [0.717, 1.165) is 38.2 Å². The molecule has 28 heavy (non-hydrogen) atoms. The molecule has 0 aromatic carbocycles. The molecular weight excluding hydrogens is 354 g/mol. The van der Waals surface area contributed by atoms with Crippen molar-refractivity contribution in [3.8, 4) is 0 Å². The third-order valence-electron chi connectivity index (χ3n) is 6.00. The highest BCUT2D eigenvalue weighted by molar-refractivity contribution is 6.32. The second-order valence-corrected chi connectivity index (χ2v) is 7.85. The van der Waals surface area contributed by atoms with Crippen LogP contribution in [0.5, 0.6) is 0 Å². The molecule has 4 heterocycles. The summed E-state index contributed by atoms with van der Waals surface area (Å²) in [6.07, 6.45) is 12.0. The predicted octanol–water partition coefficient (Wildman–Crippen LogP) is 2.78. The van der Waals surface area contributed by atoms with Crippen molar-refractivity contribution in [2.45, 2.75) is 51.5 Å². The Morgan fingerprint density at radius 3 is 2.82 bits per heavy atom. The minimum absolute atomic E-state index is 0.206. The molecule has 0 spiro atoms. The fourth-order valence-corrected chi connectivity index (χ4v) is 4.56. The maximum atomic E-state index is 12.4. The second kappa shape index (κ2) is 7.39. The number of H-pyrrole nitrogens is 1. The van der Waals surface area contributed by atoms with Gasteiger partial charge in [0.25, 0.3) is 5.91 Å². The Morgan fingerprint density at radius 2 is 2.00 bits per heavy atom. The van der Waals surface area contributed by atoms with Crippen molar-refractivity contribution in [1.29, 1.82) is 0 Å². The molecule has 0 saturated carbocycles. The van der Waals surface area contributed by atoms with Crippen LogP contribution < -0.4 is 5.43 Å². The first-order valence-corrected chi connectivity index (χ1v) is 10.3. The lowest BCUT2D eigenvalue weighted by Crippen LogP contribution is -2.29. The fraction of sp³-hybridized carbons (Fsp3) is 0.476. The number of aromatic amines is 1. The molecule has 2 N–H and O–H groups in total. The van der Waals surface area contributed by atoms with E-state index >= 15 is 0 Å². The van der Waals surface area contributed by atoms with Gasteiger partial charge in [-0.1, -0.05) is 11.6 Å². The van der Waals surface area contributed by atoms with Gasteiger partial charge in [0.1, 0.15) is 5.71 Å². The van der Waals surface area contributed by atoms with E-state index in [0.29, 0.717) is 17.0 Å². The van der Waals surface area contributed by atoms with Gasteiger partial charge in [-0.25, -0.2) is 5.43 Å². The van der Waals surface area contributed by atoms with Gasteiger partial charge in [0.2, 0.25) is 0 Å². The maximum absolute atomic E-state index is 12.4. The third kappa shape index (κ3) is 3.20. The predicted molar refractivity (Wildman–Crippen MR) is 106 cm³/mol. The molecule has 1 amide bonds. The second-order valence-electron chi connectivity index (χ2n) is 7.85. The zero-order valence-electron chi connectivity index (χ0n) is 16.0. The average Bonchev–Trinajstić information content (AvgIpc) is 3.44. The number of piperidine rings is 1. The van der Waals surface area contributed by atoms with Crippen molar-refractivity contribution in [2.24, 2.45) is 5.10 Å². The van der Waals surface area contributed by atoms with E-state index < -0.39 is 0 Å². The van der Waals surface area contributed by atoms with E-state index in [2.05, 4.69) is 25.6 Å². The number of nitrogens with one attached hydrogen (secondary N) is 2. The normalized spacial score (nSPS) is 21.6. The Labute approximate surface area is 163 Å². The highest BCUT2D eigenvalue weighted by Crippen LogP contribution is 2.31. The van der Waals surface area contributed by atoms with Crippen LogP contribution in [-0.4, -0.2) is 39.7 Å². The lowest BCUT2D eigenvalue weighted by atomic mass is 9.93. The zero-order valence-corrected chi connectivity index (χ0v) is 16.0. The lowest BCUT2D eigenvalue weighted by Gasteiger charge is -2.27. The van der Waals surface area contributed by atoms with Crippen molar-refractivity contribution < 1.29 is 9.32 Å². The number of rotatable bonds is 4. The number of aryl methyl sites for hydroxylation is 1. The standard InChI is InChI=1S/C21H25N5O2/c27-21-15(20(24-25-21)19-8-9-22-28-19)12-18-16(13-26-10-4-1-5-11-26)14-6-2-3-7-17(14)23-18/h8-9,12,23H,1-7,10-11,13H2,(H,25,27)/b15-12+. The molecule has 3 aliphatic rings. The van der Waals surface area contributed by atoms with Crippen LogP contribution >= 0.6 is 0 Å². The number of aromatic nitrogens is 2. The molecular formula is C21H25N5O2. The van der Waals surface area contributed by atoms with Crippen LogP contribution in [0.3, 0.4) is 0 Å². The number of carbonyl (C=O) groups excluding carboxylic acids is 1. The molecule has 2 aliphatic heterocycles. The van der Waals surface area contributed by atoms with Crippen LogP contribution in [0, 0.1) is 0 Å². The summed E-state index contributed by atoms with van der Waals surface area (Å²) in [5.41, 5.74) is 8.78. The van der Waals surface area contributed by atoms with Crippen LogP contribution in [0.25, 0.3) is 6.08 Å². The monoisotopic (exact) mass is 379 g/mol. The van der Waals surface area contributed by atoms with Gasteiger partial charge in [0, 0.05) is 24.0 Å². The zero-order chi connectivity index (χ0) is 18.9. The van der Waals surface area contributed by atoms with E-state index in [1.165, 1.54) is 48.9 Å². The van der Waals surface area contributed by atoms with Gasteiger partial charge < -0.3 is 9.51 Å². The van der Waals surface area contributed by atoms with Crippen molar-refractivity contribution >= 4 is 17.7 Å². The van der Waals surface area contributed by atoms with Gasteiger partial charge >= 0.3 is 0 Å². The summed E-state index contributed by atoms with van der Waals surface area (Å²) in [6, 6.07) is 1.72. The van der Waals surface area contributed by atoms with E-state index in [1.54, 1.807) is 12.3 Å². The maximum Gasteiger partial charge on any atom is 0.273 e. The summed E-state index contributed by atoms with van der Waals surface area (Å²) in [7, 11) is 0. The van der Waals surface area contributed by atoms with E-state index in [4.69, 9.17) is 4.52 Å². The molecule has 146 valence electrons. The molecule has 2 aromatic heterocycles. The van der Waals surface area contributed by atoms with Gasteiger partial charge in [0.05, 0.1) is 11.8 Å². The van der Waals surface area contributed by atoms with Crippen LogP contribution in [-0.2, 0) is 24.2 Å². The number of nitrogens with zero attached hydrogens (tertiary/aromatic N) is 3. The van der Waals surface area contributed by atoms with Gasteiger partial charge in [-0.15, -0.1) is 0 Å². The quantitative estimate of drug-likeness (QED) is 0.800. The summed E-state index contributed by atoms with van der Waals surface area (Å²) in [5, 5.41) is 7.90. The van der Waals surface area contributed by atoms with Crippen molar-refractivity contribution in [2.75, 3.05) is 13.1 Å². The van der Waals surface area contributed by atoms with Gasteiger partial charge in [-0.3, -0.25) is 9.69 Å². The lowest BCUT2D eigenvalue weighted by molar-refractivity contribution is -0.116. The van der Waals surface area contributed by atoms with Crippen molar-refractivity contribution in [1.82, 2.24) is 20.5 Å². The molecule has 7 heteroatoms. The highest BCUT2D eigenvalue weighted by Gasteiger charge is 2.28. The van der Waals surface area contributed by atoms with Crippen LogP contribution in [0.4, 0.5) is 0 Å². The molecule has 1 aliphatic carbocycles. The van der Waals surface area contributed by atoms with Gasteiger partial charge in [-0.2, -0.15) is 5.10 Å². The average molecular weight is 379 g/mol. The topological polar surface area (TPSA) is 86.5 Å². The summed E-state index contributed by atoms with van der Waals surface area (Å²) in [4.78, 5) is 18.6. The van der Waals surface area contributed by atoms with Crippen molar-refractivity contribution in [3.05, 3.63) is 46.1 Å². The number of fused-ring (bicyclic) bond motifs is 1. The number of hydrogen-bond donors (Lipinski definition) is 2. The summed E-state index contributed by atoms with van der Waals surface area (Å²) in [6.45, 7) is 3.25. The van der Waals surface area contributed by atoms with Gasteiger partial charge in [-0.05, 0) is 68.8 Å². The van der Waals surface area contributed by atoms with Crippen LogP contribution in [0.2, 0.25) is 0 Å². The summed E-state index contributed by atoms with van der Waals surface area (Å²) >= 11 is 0. The van der Waals surface area contributed by atoms with E-state index in [9.17, 15) is 4.79 Å². The van der Waals surface area contributed by atoms with Crippen molar-refractivity contribution in [3.63, 3.8) is 0 Å². The third-order valence-corrected chi connectivity index (χ3v) is 6.00. The Morgan fingerprint density at radius 1 is 1.14 bits per heavy atom. The molecule has 7 nitrogen and oxygen atoms in total. The Hall–Kier alpha value is -2.67. The van der Waals surface area contributed by atoms with Gasteiger partial charge in [0.15, 0.2) is 5.76 Å². The molecule has 1 saturated heterocycles. The van der Waals surface area contributed by atoms with E-state index in [-0.39, 0.29) is 5.91 Å². The number of amides is 1. The molecule has 0 bridgehead atoms. The molecule has 0 unspecified atom stereocenters.